The molecule has 0 spiro atoms. The normalized spacial score (nSPS) is 13.2. The maximum absolute atomic E-state index is 12.0. The van der Waals surface area contributed by atoms with Gasteiger partial charge >= 0.3 is 6.03 Å². The molecule has 3 N–H and O–H groups in total. The number of aliphatic hydroxyl groups is 1. The van der Waals surface area contributed by atoms with Gasteiger partial charge in [-0.25, -0.2) is 4.79 Å². The highest BCUT2D eigenvalue weighted by Crippen LogP contribution is 2.32. The molecule has 3 aromatic rings. The number of amides is 2. The minimum Gasteiger partial charge on any atom is -0.497 e. The number of carbonyl (C=O) groups excluding carboxylic acids is 1. The van der Waals surface area contributed by atoms with Crippen molar-refractivity contribution in [3.63, 3.8) is 0 Å². The van der Waals surface area contributed by atoms with Crippen molar-refractivity contribution in [1.82, 2.24) is 10.6 Å². The van der Waals surface area contributed by atoms with Gasteiger partial charge in [0.15, 0.2) is 0 Å². The van der Waals surface area contributed by atoms with Crippen LogP contribution >= 0.6 is 11.3 Å². The Kier molecular flexibility index (Phi) is 5.44. The van der Waals surface area contributed by atoms with Crippen molar-refractivity contribution >= 4 is 27.5 Å². The third-order valence-electron chi connectivity index (χ3n) is 4.16. The maximum atomic E-state index is 12.0. The van der Waals surface area contributed by atoms with Crippen LogP contribution in [0.3, 0.4) is 0 Å². The van der Waals surface area contributed by atoms with Crippen LogP contribution in [0.2, 0.25) is 0 Å². The van der Waals surface area contributed by atoms with Gasteiger partial charge in [-0.15, -0.1) is 11.3 Å². The quantitative estimate of drug-likeness (QED) is 0.621. The highest BCUT2D eigenvalue weighted by atomic mass is 32.1. The fourth-order valence-electron chi connectivity index (χ4n) is 2.58. The van der Waals surface area contributed by atoms with E-state index in [2.05, 4.69) is 10.6 Å². The van der Waals surface area contributed by atoms with Crippen LogP contribution in [-0.2, 0) is 12.1 Å². The molecule has 0 aliphatic carbocycles. The van der Waals surface area contributed by atoms with Crippen molar-refractivity contribution in [3.8, 4) is 5.75 Å². The number of methoxy groups -OCH3 is 1. The van der Waals surface area contributed by atoms with Gasteiger partial charge in [0.05, 0.1) is 13.7 Å². The molecule has 0 bridgehead atoms. The number of ether oxygens (including phenoxy) is 1. The molecule has 1 atom stereocenters. The summed E-state index contributed by atoms with van der Waals surface area (Å²) in [6, 6.07) is 17.1. The van der Waals surface area contributed by atoms with Gasteiger partial charge in [-0.05, 0) is 42.1 Å². The van der Waals surface area contributed by atoms with E-state index in [1.807, 2.05) is 54.6 Å². The molecule has 0 saturated carbocycles. The van der Waals surface area contributed by atoms with Crippen LogP contribution in [-0.4, -0.2) is 24.8 Å². The van der Waals surface area contributed by atoms with Gasteiger partial charge in [0, 0.05) is 16.1 Å². The first kappa shape index (κ1) is 18.2. The minimum atomic E-state index is -1.12. The number of nitrogens with one attached hydrogen (secondary N) is 2. The predicted octanol–water partition coefficient (Wildman–Crippen LogP) is 3.62. The summed E-state index contributed by atoms with van der Waals surface area (Å²) in [6.45, 7) is 2.25. The van der Waals surface area contributed by atoms with E-state index in [4.69, 9.17) is 4.74 Å². The zero-order chi connectivity index (χ0) is 18.6. The van der Waals surface area contributed by atoms with Crippen LogP contribution in [0.15, 0.2) is 54.6 Å². The third-order valence-corrected chi connectivity index (χ3v) is 5.53. The molecule has 0 aliphatic heterocycles. The van der Waals surface area contributed by atoms with Gasteiger partial charge in [-0.2, -0.15) is 0 Å². The summed E-state index contributed by atoms with van der Waals surface area (Å²) >= 11 is 1.54. The van der Waals surface area contributed by atoms with Crippen molar-refractivity contribution in [3.05, 3.63) is 65.0 Å². The summed E-state index contributed by atoms with van der Waals surface area (Å²) in [5, 5.41) is 17.4. The van der Waals surface area contributed by atoms with Crippen LogP contribution in [0.25, 0.3) is 10.1 Å². The molecule has 2 aromatic carbocycles. The van der Waals surface area contributed by atoms with Crippen LogP contribution in [0.1, 0.15) is 17.4 Å². The van der Waals surface area contributed by atoms with Crippen molar-refractivity contribution in [2.75, 3.05) is 13.7 Å². The lowest BCUT2D eigenvalue weighted by atomic mass is 10.0. The standard InChI is InChI=1S/C20H22N2O3S/c1-20(24,18-11-15-5-3-4-6-17(15)26-18)13-22-19(23)21-12-14-7-9-16(25-2)10-8-14/h3-11,24H,12-13H2,1-2H3,(H2,21,22,23)/t20-/m1/s1. The van der Waals surface area contributed by atoms with Crippen molar-refractivity contribution in [2.45, 2.75) is 19.1 Å². The first-order chi connectivity index (χ1) is 12.5. The summed E-state index contributed by atoms with van der Waals surface area (Å²) in [6.07, 6.45) is 0. The van der Waals surface area contributed by atoms with Crippen LogP contribution in [0, 0.1) is 0 Å². The Bertz CT molecular complexity index is 854. The molecular formula is C20H22N2O3S. The molecule has 0 radical (unpaired) electrons. The second-order valence-electron chi connectivity index (χ2n) is 6.31. The summed E-state index contributed by atoms with van der Waals surface area (Å²) in [4.78, 5) is 12.9. The van der Waals surface area contributed by atoms with Crippen LogP contribution in [0.5, 0.6) is 5.75 Å². The van der Waals surface area contributed by atoms with Gasteiger partial charge in [-0.3, -0.25) is 0 Å². The molecule has 6 heteroatoms. The molecule has 1 heterocycles. The lowest BCUT2D eigenvalue weighted by Gasteiger charge is -2.22. The molecule has 0 fully saturated rings. The van der Waals surface area contributed by atoms with Crippen molar-refractivity contribution in [1.29, 1.82) is 0 Å². The van der Waals surface area contributed by atoms with Gasteiger partial charge in [0.2, 0.25) is 0 Å². The number of urea groups is 1. The Hall–Kier alpha value is -2.57. The zero-order valence-electron chi connectivity index (χ0n) is 14.8. The Labute approximate surface area is 156 Å². The van der Waals surface area contributed by atoms with Gasteiger partial charge in [0.1, 0.15) is 11.4 Å². The molecular weight excluding hydrogens is 348 g/mol. The first-order valence-corrected chi connectivity index (χ1v) is 9.16. The molecule has 136 valence electrons. The monoisotopic (exact) mass is 370 g/mol. The molecule has 26 heavy (non-hydrogen) atoms. The average molecular weight is 370 g/mol. The van der Waals surface area contributed by atoms with Crippen molar-refractivity contribution in [2.24, 2.45) is 0 Å². The zero-order valence-corrected chi connectivity index (χ0v) is 15.6. The second kappa shape index (κ2) is 7.76. The molecule has 2 amide bonds. The van der Waals surface area contributed by atoms with Gasteiger partial charge < -0.3 is 20.5 Å². The van der Waals surface area contributed by atoms with E-state index >= 15 is 0 Å². The number of benzene rings is 2. The van der Waals surface area contributed by atoms with Crippen LogP contribution < -0.4 is 15.4 Å². The Morgan fingerprint density at radius 1 is 1.15 bits per heavy atom. The number of fused-ring (bicyclic) bond motifs is 1. The lowest BCUT2D eigenvalue weighted by molar-refractivity contribution is 0.0632. The average Bonchev–Trinajstić information content (AvgIpc) is 3.10. The second-order valence-corrected chi connectivity index (χ2v) is 7.39. The van der Waals surface area contributed by atoms with Gasteiger partial charge in [-0.1, -0.05) is 30.3 Å². The van der Waals surface area contributed by atoms with E-state index in [9.17, 15) is 9.90 Å². The molecule has 5 nitrogen and oxygen atoms in total. The molecule has 1 aromatic heterocycles. The number of thiophene rings is 1. The summed E-state index contributed by atoms with van der Waals surface area (Å²) < 4.78 is 6.23. The van der Waals surface area contributed by atoms with Crippen molar-refractivity contribution < 1.29 is 14.6 Å². The highest BCUT2D eigenvalue weighted by Gasteiger charge is 2.26. The van der Waals surface area contributed by atoms with E-state index in [0.717, 1.165) is 26.3 Å². The summed E-state index contributed by atoms with van der Waals surface area (Å²) in [5.74, 6) is 0.776. The first-order valence-electron chi connectivity index (χ1n) is 8.34. The largest absolute Gasteiger partial charge is 0.497 e. The molecule has 0 aliphatic rings. The number of carbonyl (C=O) groups is 1. The molecule has 0 saturated heterocycles. The fraction of sp³-hybridized carbons (Fsp3) is 0.250. The molecule has 3 rings (SSSR count). The van der Waals surface area contributed by atoms with E-state index in [1.165, 1.54) is 11.3 Å². The van der Waals surface area contributed by atoms with Gasteiger partial charge in [0.25, 0.3) is 0 Å². The summed E-state index contributed by atoms with van der Waals surface area (Å²) in [7, 11) is 1.61. The maximum Gasteiger partial charge on any atom is 0.315 e. The van der Waals surface area contributed by atoms with E-state index in [1.54, 1.807) is 14.0 Å². The topological polar surface area (TPSA) is 70.6 Å². The Morgan fingerprint density at radius 3 is 2.58 bits per heavy atom. The fourth-order valence-corrected chi connectivity index (χ4v) is 3.68. The van der Waals surface area contributed by atoms with E-state index < -0.39 is 5.60 Å². The van der Waals surface area contributed by atoms with E-state index in [-0.39, 0.29) is 12.6 Å². The summed E-state index contributed by atoms with van der Waals surface area (Å²) in [5.41, 5.74) is -0.154. The Balaban J connectivity index is 1.53. The predicted molar refractivity (Wildman–Crippen MR) is 105 cm³/mol. The lowest BCUT2D eigenvalue weighted by Crippen LogP contribution is -2.42. The molecule has 0 unspecified atom stereocenters. The highest BCUT2D eigenvalue weighted by molar-refractivity contribution is 7.19. The SMILES string of the molecule is COc1ccc(CNC(=O)NC[C@@](C)(O)c2cc3ccccc3s2)cc1. The third kappa shape index (κ3) is 4.33. The number of rotatable bonds is 6. The number of hydrogen-bond donors (Lipinski definition) is 3. The van der Waals surface area contributed by atoms with E-state index in [0.29, 0.717) is 6.54 Å². The number of hydrogen-bond acceptors (Lipinski definition) is 4. The minimum absolute atomic E-state index is 0.133. The van der Waals surface area contributed by atoms with Crippen LogP contribution in [0.4, 0.5) is 4.79 Å². The Morgan fingerprint density at radius 2 is 1.88 bits per heavy atom. The smallest absolute Gasteiger partial charge is 0.315 e.